The molecule has 2 rings (SSSR count). The monoisotopic (exact) mass is 374 g/mol. The Morgan fingerprint density at radius 3 is 2.58 bits per heavy atom. The minimum absolute atomic E-state index is 0.139. The van der Waals surface area contributed by atoms with Crippen LogP contribution in [0.5, 0.6) is 5.75 Å². The molecule has 0 aliphatic carbocycles. The summed E-state index contributed by atoms with van der Waals surface area (Å²) in [5, 5.41) is 0.618. The van der Waals surface area contributed by atoms with Crippen LogP contribution in [0.2, 0.25) is 5.02 Å². The van der Waals surface area contributed by atoms with E-state index in [0.29, 0.717) is 43.4 Å². The van der Waals surface area contributed by atoms with E-state index in [1.54, 1.807) is 30.0 Å². The number of ether oxygens (including phenoxy) is 1. The molecule has 1 unspecified atom stereocenters. The van der Waals surface area contributed by atoms with E-state index in [1.807, 2.05) is 6.92 Å². The highest BCUT2D eigenvalue weighted by Gasteiger charge is 2.27. The van der Waals surface area contributed by atoms with E-state index in [-0.39, 0.29) is 5.91 Å². The van der Waals surface area contributed by atoms with Crippen molar-refractivity contribution in [3.05, 3.63) is 28.8 Å². The fourth-order valence-electron chi connectivity index (χ4n) is 2.69. The Labute approximate surface area is 148 Å². The second kappa shape index (κ2) is 7.72. The van der Waals surface area contributed by atoms with Crippen LogP contribution in [-0.4, -0.2) is 62.1 Å². The van der Waals surface area contributed by atoms with Gasteiger partial charge < -0.3 is 9.64 Å². The quantitative estimate of drug-likeness (QED) is 0.807. The maximum atomic E-state index is 12.6. The first-order valence-electron chi connectivity index (χ1n) is 7.85. The van der Waals surface area contributed by atoms with Gasteiger partial charge in [-0.1, -0.05) is 11.6 Å². The standard InChI is InChI=1S/C16H23ClN2O4S/c1-12-11-14(17)5-6-15(12)23-13(2)16(20)18-7-4-8-19(10-9-18)24(3,21)22/h5-6,11,13H,4,7-10H2,1-3H3. The first kappa shape index (κ1) is 19.0. The van der Waals surface area contributed by atoms with E-state index in [1.165, 1.54) is 10.6 Å². The SMILES string of the molecule is Cc1cc(Cl)ccc1OC(C)C(=O)N1CCCN(S(C)(=O)=O)CC1. The number of carbonyl (C=O) groups is 1. The van der Waals surface area contributed by atoms with E-state index in [0.717, 1.165) is 5.56 Å². The molecule has 6 nitrogen and oxygen atoms in total. The number of hydrogen-bond donors (Lipinski definition) is 0. The van der Waals surface area contributed by atoms with E-state index < -0.39 is 16.1 Å². The number of sulfonamides is 1. The van der Waals surface area contributed by atoms with Crippen LogP contribution in [0.1, 0.15) is 18.9 Å². The Bertz CT molecular complexity index is 708. The molecular formula is C16H23ClN2O4S. The number of carbonyl (C=O) groups excluding carboxylic acids is 1. The third-order valence-electron chi connectivity index (χ3n) is 4.02. The van der Waals surface area contributed by atoms with Crippen LogP contribution >= 0.6 is 11.6 Å². The van der Waals surface area contributed by atoms with Crippen molar-refractivity contribution in [2.24, 2.45) is 0 Å². The summed E-state index contributed by atoms with van der Waals surface area (Å²) >= 11 is 5.92. The van der Waals surface area contributed by atoms with Gasteiger partial charge in [-0.05, 0) is 44.0 Å². The van der Waals surface area contributed by atoms with Crippen molar-refractivity contribution < 1.29 is 17.9 Å². The van der Waals surface area contributed by atoms with E-state index in [9.17, 15) is 13.2 Å². The van der Waals surface area contributed by atoms with Crippen LogP contribution in [0.25, 0.3) is 0 Å². The van der Waals surface area contributed by atoms with Crippen LogP contribution in [0, 0.1) is 6.92 Å². The minimum atomic E-state index is -3.23. The average molecular weight is 375 g/mol. The minimum Gasteiger partial charge on any atom is -0.481 e. The van der Waals surface area contributed by atoms with E-state index in [4.69, 9.17) is 16.3 Å². The summed E-state index contributed by atoms with van der Waals surface area (Å²) in [7, 11) is -3.23. The molecule has 0 aromatic heterocycles. The van der Waals surface area contributed by atoms with Crippen LogP contribution in [-0.2, 0) is 14.8 Å². The predicted molar refractivity (Wildman–Crippen MR) is 93.9 cm³/mol. The average Bonchev–Trinajstić information content (AvgIpc) is 2.75. The van der Waals surface area contributed by atoms with Gasteiger partial charge in [0.25, 0.3) is 5.91 Å². The number of nitrogens with zero attached hydrogens (tertiary/aromatic N) is 2. The van der Waals surface area contributed by atoms with Crippen LogP contribution in [0.3, 0.4) is 0 Å². The summed E-state index contributed by atoms with van der Waals surface area (Å²) in [6.07, 6.45) is 1.17. The van der Waals surface area contributed by atoms with Gasteiger partial charge in [0.15, 0.2) is 6.10 Å². The van der Waals surface area contributed by atoms with Gasteiger partial charge in [0.2, 0.25) is 10.0 Å². The van der Waals surface area contributed by atoms with Crippen LogP contribution < -0.4 is 4.74 Å². The summed E-state index contributed by atoms with van der Waals surface area (Å²) < 4.78 is 30.5. The lowest BCUT2D eigenvalue weighted by atomic mass is 10.2. The molecule has 0 spiro atoms. The first-order chi connectivity index (χ1) is 11.2. The van der Waals surface area contributed by atoms with Crippen molar-refractivity contribution in [3.8, 4) is 5.75 Å². The summed E-state index contributed by atoms with van der Waals surface area (Å²) in [6, 6.07) is 5.25. The second-order valence-corrected chi connectivity index (χ2v) is 8.43. The van der Waals surface area contributed by atoms with Crippen molar-refractivity contribution in [3.63, 3.8) is 0 Å². The van der Waals surface area contributed by atoms with E-state index >= 15 is 0 Å². The molecule has 134 valence electrons. The zero-order valence-corrected chi connectivity index (χ0v) is 15.7. The van der Waals surface area contributed by atoms with Crippen LogP contribution in [0.15, 0.2) is 18.2 Å². The molecular weight excluding hydrogens is 352 g/mol. The Kier molecular flexibility index (Phi) is 6.11. The molecule has 1 atom stereocenters. The summed E-state index contributed by atoms with van der Waals surface area (Å²) in [6.45, 7) is 5.23. The second-order valence-electron chi connectivity index (χ2n) is 6.01. The van der Waals surface area contributed by atoms with Gasteiger partial charge in [-0.15, -0.1) is 0 Å². The maximum absolute atomic E-state index is 12.6. The molecule has 0 N–H and O–H groups in total. The molecule has 24 heavy (non-hydrogen) atoms. The summed E-state index contributed by atoms with van der Waals surface area (Å²) in [4.78, 5) is 14.3. The van der Waals surface area contributed by atoms with Crippen molar-refractivity contribution in [1.82, 2.24) is 9.21 Å². The lowest BCUT2D eigenvalue weighted by Gasteiger charge is -2.25. The van der Waals surface area contributed by atoms with Gasteiger partial charge in [0.1, 0.15) is 5.75 Å². The number of amides is 1. The Morgan fingerprint density at radius 2 is 1.96 bits per heavy atom. The van der Waals surface area contributed by atoms with Gasteiger partial charge in [-0.3, -0.25) is 4.79 Å². The van der Waals surface area contributed by atoms with Gasteiger partial charge in [-0.2, -0.15) is 0 Å². The van der Waals surface area contributed by atoms with Gasteiger partial charge in [0, 0.05) is 31.2 Å². The summed E-state index contributed by atoms with van der Waals surface area (Å²) in [5.74, 6) is 0.479. The molecule has 8 heteroatoms. The Morgan fingerprint density at radius 1 is 1.25 bits per heavy atom. The third kappa shape index (κ3) is 4.84. The molecule has 1 aromatic rings. The number of hydrogen-bond acceptors (Lipinski definition) is 4. The zero-order chi connectivity index (χ0) is 17.9. The Hall–Kier alpha value is -1.31. The molecule has 1 aliphatic rings. The first-order valence-corrected chi connectivity index (χ1v) is 10.1. The lowest BCUT2D eigenvalue weighted by molar-refractivity contribution is -0.137. The third-order valence-corrected chi connectivity index (χ3v) is 5.56. The molecule has 1 saturated heterocycles. The lowest BCUT2D eigenvalue weighted by Crippen LogP contribution is -2.43. The highest BCUT2D eigenvalue weighted by molar-refractivity contribution is 7.88. The highest BCUT2D eigenvalue weighted by Crippen LogP contribution is 2.23. The van der Waals surface area contributed by atoms with Crippen molar-refractivity contribution in [2.75, 3.05) is 32.4 Å². The molecule has 0 bridgehead atoms. The molecule has 1 aromatic carbocycles. The normalized spacial score (nSPS) is 18.1. The number of aryl methyl sites for hydroxylation is 1. The molecule has 0 saturated carbocycles. The smallest absolute Gasteiger partial charge is 0.263 e. The number of benzene rings is 1. The molecule has 1 heterocycles. The summed E-state index contributed by atoms with van der Waals surface area (Å²) in [5.41, 5.74) is 0.862. The highest BCUT2D eigenvalue weighted by atomic mass is 35.5. The zero-order valence-electron chi connectivity index (χ0n) is 14.2. The largest absolute Gasteiger partial charge is 0.481 e. The van der Waals surface area contributed by atoms with Crippen molar-refractivity contribution in [2.45, 2.75) is 26.4 Å². The molecule has 0 radical (unpaired) electrons. The fraction of sp³-hybridized carbons (Fsp3) is 0.562. The van der Waals surface area contributed by atoms with Crippen molar-refractivity contribution in [1.29, 1.82) is 0 Å². The molecule has 1 aliphatic heterocycles. The van der Waals surface area contributed by atoms with E-state index in [2.05, 4.69) is 0 Å². The van der Waals surface area contributed by atoms with Crippen LogP contribution in [0.4, 0.5) is 0 Å². The molecule has 1 fully saturated rings. The predicted octanol–water partition coefficient (Wildman–Crippen LogP) is 1.91. The van der Waals surface area contributed by atoms with Gasteiger partial charge >= 0.3 is 0 Å². The Balaban J connectivity index is 2.00. The number of rotatable bonds is 4. The topological polar surface area (TPSA) is 66.9 Å². The van der Waals surface area contributed by atoms with Gasteiger partial charge in [0.05, 0.1) is 6.26 Å². The fourth-order valence-corrected chi connectivity index (χ4v) is 3.79. The number of halogens is 1. The van der Waals surface area contributed by atoms with Gasteiger partial charge in [-0.25, -0.2) is 12.7 Å². The maximum Gasteiger partial charge on any atom is 0.263 e. The van der Waals surface area contributed by atoms with Crippen molar-refractivity contribution >= 4 is 27.5 Å². The molecule has 1 amide bonds.